The number of rotatable bonds is 7. The molecule has 0 aliphatic carbocycles. The average molecular weight is 533 g/mol. The number of hydrogen-bond donors (Lipinski definition) is 3. The van der Waals surface area contributed by atoms with E-state index >= 15 is 0 Å². The number of halogens is 3. The molecule has 2 aromatic rings. The van der Waals surface area contributed by atoms with Crippen molar-refractivity contribution in [2.45, 2.75) is 25.9 Å². The van der Waals surface area contributed by atoms with Gasteiger partial charge in [-0.15, -0.1) is 24.0 Å². The van der Waals surface area contributed by atoms with Crippen molar-refractivity contribution < 1.29 is 18.0 Å². The van der Waals surface area contributed by atoms with Crippen molar-refractivity contribution in [1.82, 2.24) is 16.0 Å². The Kier molecular flexibility index (Phi) is 9.34. The van der Waals surface area contributed by atoms with Crippen molar-refractivity contribution in [1.29, 1.82) is 0 Å². The van der Waals surface area contributed by atoms with E-state index in [0.29, 0.717) is 43.6 Å². The van der Waals surface area contributed by atoms with Crippen LogP contribution in [-0.4, -0.2) is 44.1 Å². The number of furan rings is 1. The number of guanidine groups is 1. The number of hydrogen-bond acceptors (Lipinski definition) is 4. The van der Waals surface area contributed by atoms with Crippen LogP contribution in [0.2, 0.25) is 0 Å². The summed E-state index contributed by atoms with van der Waals surface area (Å²) in [6.45, 7) is 4.05. The highest BCUT2D eigenvalue weighted by molar-refractivity contribution is 14.0. The van der Waals surface area contributed by atoms with Gasteiger partial charge in [-0.25, -0.2) is 13.8 Å². The minimum atomic E-state index is -0.591. The number of carbonyl (C=O) groups is 1. The van der Waals surface area contributed by atoms with E-state index in [2.05, 4.69) is 20.9 Å². The maximum Gasteiger partial charge on any atom is 0.242 e. The van der Waals surface area contributed by atoms with Crippen molar-refractivity contribution in [3.05, 3.63) is 54.0 Å². The van der Waals surface area contributed by atoms with Gasteiger partial charge < -0.3 is 25.3 Å². The molecule has 0 spiro atoms. The van der Waals surface area contributed by atoms with E-state index in [0.717, 1.165) is 12.5 Å². The van der Waals surface area contributed by atoms with Gasteiger partial charge in [0, 0.05) is 31.7 Å². The number of carbonyl (C=O) groups excluding carboxylic acids is 1. The summed E-state index contributed by atoms with van der Waals surface area (Å²) in [6, 6.07) is 7.17. The van der Waals surface area contributed by atoms with Gasteiger partial charge in [-0.2, -0.15) is 0 Å². The third kappa shape index (κ3) is 6.85. The van der Waals surface area contributed by atoms with Crippen LogP contribution in [0.4, 0.5) is 14.5 Å². The minimum Gasteiger partial charge on any atom is -0.467 e. The van der Waals surface area contributed by atoms with E-state index < -0.39 is 11.6 Å². The fourth-order valence-electron chi connectivity index (χ4n) is 3.15. The van der Waals surface area contributed by atoms with Crippen LogP contribution in [0, 0.1) is 11.6 Å². The molecular weight excluding hydrogens is 507 g/mol. The quantitative estimate of drug-likeness (QED) is 0.290. The molecule has 164 valence electrons. The van der Waals surface area contributed by atoms with Crippen LogP contribution in [0.5, 0.6) is 0 Å². The molecule has 0 radical (unpaired) electrons. The molecule has 1 fully saturated rings. The molecule has 1 aromatic carbocycles. The fourth-order valence-corrected chi connectivity index (χ4v) is 3.15. The van der Waals surface area contributed by atoms with Crippen LogP contribution in [0.25, 0.3) is 0 Å². The lowest BCUT2D eigenvalue weighted by atomic mass is 10.2. The van der Waals surface area contributed by atoms with Gasteiger partial charge in [-0.05, 0) is 37.6 Å². The number of benzene rings is 1. The van der Waals surface area contributed by atoms with Crippen molar-refractivity contribution >= 4 is 41.5 Å². The van der Waals surface area contributed by atoms with Crippen molar-refractivity contribution in [2.24, 2.45) is 4.99 Å². The molecule has 1 unspecified atom stereocenters. The van der Waals surface area contributed by atoms with E-state index in [9.17, 15) is 13.6 Å². The summed E-state index contributed by atoms with van der Waals surface area (Å²) < 4.78 is 32.3. The van der Waals surface area contributed by atoms with Crippen LogP contribution in [0.3, 0.4) is 0 Å². The van der Waals surface area contributed by atoms with E-state index in [1.807, 2.05) is 11.8 Å². The first-order valence-corrected chi connectivity index (χ1v) is 9.59. The molecule has 1 amide bonds. The van der Waals surface area contributed by atoms with Gasteiger partial charge in [-0.1, -0.05) is 0 Å². The van der Waals surface area contributed by atoms with Crippen LogP contribution in [-0.2, 0) is 11.3 Å². The fraction of sp³-hybridized carbons (Fsp3) is 0.400. The highest BCUT2D eigenvalue weighted by Gasteiger charge is 2.25. The molecule has 3 rings (SSSR count). The molecule has 1 aromatic heterocycles. The SMILES string of the molecule is CCNC(=NCC(=O)NCc1ccco1)NC1CCN(c2ccc(F)cc2F)C1.I. The molecule has 1 atom stereocenters. The highest BCUT2D eigenvalue weighted by atomic mass is 127. The summed E-state index contributed by atoms with van der Waals surface area (Å²) in [7, 11) is 0. The Labute approximate surface area is 191 Å². The Hall–Kier alpha value is -2.37. The second-order valence-corrected chi connectivity index (χ2v) is 6.72. The summed E-state index contributed by atoms with van der Waals surface area (Å²) in [5.41, 5.74) is 0.384. The van der Waals surface area contributed by atoms with E-state index in [1.165, 1.54) is 12.1 Å². The van der Waals surface area contributed by atoms with Gasteiger partial charge in [0.05, 0.1) is 18.5 Å². The maximum atomic E-state index is 14.0. The topological polar surface area (TPSA) is 81.9 Å². The van der Waals surface area contributed by atoms with Crippen molar-refractivity contribution in [3.8, 4) is 0 Å². The first kappa shape index (κ1) is 23.9. The number of amides is 1. The van der Waals surface area contributed by atoms with E-state index in [4.69, 9.17) is 4.42 Å². The van der Waals surface area contributed by atoms with Crippen LogP contribution < -0.4 is 20.9 Å². The number of nitrogens with zero attached hydrogens (tertiary/aromatic N) is 2. The first-order chi connectivity index (χ1) is 14.0. The summed E-state index contributed by atoms with van der Waals surface area (Å²) in [4.78, 5) is 18.2. The highest BCUT2D eigenvalue weighted by Crippen LogP contribution is 2.24. The van der Waals surface area contributed by atoms with Gasteiger partial charge in [0.1, 0.15) is 23.9 Å². The molecule has 10 heteroatoms. The Bertz CT molecular complexity index is 848. The predicted molar refractivity (Wildman–Crippen MR) is 122 cm³/mol. The van der Waals surface area contributed by atoms with Gasteiger partial charge in [0.15, 0.2) is 5.96 Å². The van der Waals surface area contributed by atoms with Crippen LogP contribution >= 0.6 is 24.0 Å². The number of aliphatic imine (C=N–C) groups is 1. The molecule has 0 saturated carbocycles. The summed E-state index contributed by atoms with van der Waals surface area (Å²) in [5, 5.41) is 9.12. The molecule has 30 heavy (non-hydrogen) atoms. The average Bonchev–Trinajstić information content (AvgIpc) is 3.37. The van der Waals surface area contributed by atoms with Gasteiger partial charge in [0.2, 0.25) is 5.91 Å². The van der Waals surface area contributed by atoms with Crippen molar-refractivity contribution in [2.75, 3.05) is 31.1 Å². The zero-order valence-corrected chi connectivity index (χ0v) is 19.0. The molecular formula is C20H26F2IN5O2. The smallest absolute Gasteiger partial charge is 0.242 e. The van der Waals surface area contributed by atoms with E-state index in [1.54, 1.807) is 18.4 Å². The monoisotopic (exact) mass is 533 g/mol. The molecule has 1 aliphatic heterocycles. The van der Waals surface area contributed by atoms with Gasteiger partial charge in [0.25, 0.3) is 0 Å². The second-order valence-electron chi connectivity index (χ2n) is 6.72. The number of nitrogens with one attached hydrogen (secondary N) is 3. The van der Waals surface area contributed by atoms with Gasteiger partial charge in [-0.3, -0.25) is 4.79 Å². The molecule has 0 bridgehead atoms. The van der Waals surface area contributed by atoms with Crippen molar-refractivity contribution in [3.63, 3.8) is 0 Å². The summed E-state index contributed by atoms with van der Waals surface area (Å²) >= 11 is 0. The van der Waals surface area contributed by atoms with Gasteiger partial charge >= 0.3 is 0 Å². The minimum absolute atomic E-state index is 0. The Morgan fingerprint density at radius 2 is 2.13 bits per heavy atom. The Balaban J connectivity index is 0.00000320. The van der Waals surface area contributed by atoms with Crippen LogP contribution in [0.15, 0.2) is 46.0 Å². The standard InChI is InChI=1S/C20H25F2N5O2.HI/c1-2-23-20(25-12-19(28)24-11-16-4-3-9-29-16)26-15-7-8-27(13-15)18-6-5-14(21)10-17(18)22;/h3-6,9-10,15H,2,7-8,11-13H2,1H3,(H,24,28)(H2,23,25,26);1H. The zero-order chi connectivity index (χ0) is 20.6. The normalized spacial score (nSPS) is 16.2. The third-order valence-electron chi connectivity index (χ3n) is 4.54. The molecule has 3 N–H and O–H groups in total. The lowest BCUT2D eigenvalue weighted by Gasteiger charge is -2.21. The molecule has 1 aliphatic rings. The first-order valence-electron chi connectivity index (χ1n) is 9.59. The van der Waals surface area contributed by atoms with Crippen LogP contribution in [0.1, 0.15) is 19.1 Å². The molecule has 1 saturated heterocycles. The Morgan fingerprint density at radius 1 is 1.30 bits per heavy atom. The molecule has 7 nitrogen and oxygen atoms in total. The lowest BCUT2D eigenvalue weighted by Crippen LogP contribution is -2.45. The molecule has 2 heterocycles. The summed E-state index contributed by atoms with van der Waals surface area (Å²) in [6.07, 6.45) is 2.32. The third-order valence-corrected chi connectivity index (χ3v) is 4.54. The summed E-state index contributed by atoms with van der Waals surface area (Å²) in [5.74, 6) is -0.190. The zero-order valence-electron chi connectivity index (χ0n) is 16.7. The largest absolute Gasteiger partial charge is 0.467 e. The second kappa shape index (κ2) is 11.7. The van der Waals surface area contributed by atoms with E-state index in [-0.39, 0.29) is 42.5 Å². The predicted octanol–water partition coefficient (Wildman–Crippen LogP) is 2.63. The maximum absolute atomic E-state index is 14.0. The Morgan fingerprint density at radius 3 is 2.83 bits per heavy atom. The lowest BCUT2D eigenvalue weighted by molar-refractivity contribution is -0.119. The number of anilines is 1.